The topological polar surface area (TPSA) is 88.8 Å². The van der Waals surface area contributed by atoms with Gasteiger partial charge in [0.25, 0.3) is 0 Å². The zero-order valence-electron chi connectivity index (χ0n) is 12.1. The SMILES string of the molecule is CCCCCOc1cccc(/C(C#N)=N/OS(C)(=O)=O)c1. The van der Waals surface area contributed by atoms with Crippen LogP contribution in [0.15, 0.2) is 29.4 Å². The van der Waals surface area contributed by atoms with E-state index in [1.807, 2.05) is 0 Å². The average Bonchev–Trinajstić information content (AvgIpc) is 2.44. The molecular weight excluding hydrogens is 292 g/mol. The Hall–Kier alpha value is -2.07. The molecule has 6 nitrogen and oxygen atoms in total. The van der Waals surface area contributed by atoms with Crippen molar-refractivity contribution in [2.75, 3.05) is 12.9 Å². The molecule has 1 rings (SSSR count). The lowest BCUT2D eigenvalue weighted by Crippen LogP contribution is -2.04. The number of benzene rings is 1. The van der Waals surface area contributed by atoms with E-state index in [9.17, 15) is 8.42 Å². The first-order valence-electron chi connectivity index (χ1n) is 6.56. The van der Waals surface area contributed by atoms with Gasteiger partial charge in [-0.2, -0.15) is 13.7 Å². The van der Waals surface area contributed by atoms with Gasteiger partial charge in [-0.05, 0) is 18.6 Å². The second-order valence-electron chi connectivity index (χ2n) is 4.41. The summed E-state index contributed by atoms with van der Waals surface area (Å²) in [6, 6.07) is 8.53. The molecule has 0 N–H and O–H groups in total. The Morgan fingerprint density at radius 3 is 2.76 bits per heavy atom. The normalized spacial score (nSPS) is 11.8. The fraction of sp³-hybridized carbons (Fsp3) is 0.429. The molecule has 0 spiro atoms. The van der Waals surface area contributed by atoms with Gasteiger partial charge in [-0.25, -0.2) is 0 Å². The number of nitriles is 1. The predicted octanol–water partition coefficient (Wildman–Crippen LogP) is 2.46. The molecule has 21 heavy (non-hydrogen) atoms. The third-order valence-corrected chi connectivity index (χ3v) is 2.84. The summed E-state index contributed by atoms with van der Waals surface area (Å²) in [5, 5.41) is 12.4. The van der Waals surface area contributed by atoms with Crippen LogP contribution in [0, 0.1) is 11.3 Å². The highest BCUT2D eigenvalue weighted by Gasteiger charge is 2.08. The van der Waals surface area contributed by atoms with E-state index in [0.29, 0.717) is 17.9 Å². The van der Waals surface area contributed by atoms with Crippen molar-refractivity contribution < 1.29 is 17.4 Å². The number of rotatable bonds is 8. The largest absolute Gasteiger partial charge is 0.494 e. The molecule has 0 heterocycles. The fourth-order valence-corrected chi connectivity index (χ4v) is 1.73. The zero-order chi connectivity index (χ0) is 15.7. The number of hydrogen-bond acceptors (Lipinski definition) is 6. The fourth-order valence-electron chi connectivity index (χ4n) is 1.52. The molecule has 0 atom stereocenters. The Morgan fingerprint density at radius 1 is 1.38 bits per heavy atom. The molecule has 0 fully saturated rings. The summed E-state index contributed by atoms with van der Waals surface area (Å²) >= 11 is 0. The number of ether oxygens (including phenoxy) is 1. The average molecular weight is 310 g/mol. The maximum absolute atomic E-state index is 10.9. The first-order valence-corrected chi connectivity index (χ1v) is 8.38. The highest BCUT2D eigenvalue weighted by Crippen LogP contribution is 2.15. The molecular formula is C14H18N2O4S. The van der Waals surface area contributed by atoms with Crippen molar-refractivity contribution in [1.82, 2.24) is 0 Å². The number of hydrogen-bond donors (Lipinski definition) is 0. The van der Waals surface area contributed by atoms with Crippen LogP contribution in [0.2, 0.25) is 0 Å². The number of nitrogens with zero attached hydrogens (tertiary/aromatic N) is 2. The van der Waals surface area contributed by atoms with Gasteiger partial charge in [0.2, 0.25) is 0 Å². The second kappa shape index (κ2) is 8.27. The smallest absolute Gasteiger partial charge is 0.325 e. The van der Waals surface area contributed by atoms with Crippen LogP contribution in [0.5, 0.6) is 5.75 Å². The van der Waals surface area contributed by atoms with E-state index in [4.69, 9.17) is 10.00 Å². The van der Waals surface area contributed by atoms with Gasteiger partial charge in [0.05, 0.1) is 12.9 Å². The minimum atomic E-state index is -3.74. The van der Waals surface area contributed by atoms with Crippen LogP contribution >= 0.6 is 0 Å². The molecule has 0 unspecified atom stereocenters. The van der Waals surface area contributed by atoms with Gasteiger partial charge < -0.3 is 4.74 Å². The molecule has 7 heteroatoms. The Balaban J connectivity index is 2.80. The van der Waals surface area contributed by atoms with Crippen molar-refractivity contribution in [2.24, 2.45) is 5.16 Å². The van der Waals surface area contributed by atoms with Crippen molar-refractivity contribution in [3.8, 4) is 11.8 Å². The molecule has 0 saturated heterocycles. The summed E-state index contributed by atoms with van der Waals surface area (Å²) in [7, 11) is -3.74. The van der Waals surface area contributed by atoms with E-state index in [2.05, 4.69) is 16.4 Å². The van der Waals surface area contributed by atoms with Crippen LogP contribution < -0.4 is 4.74 Å². The molecule has 1 aromatic carbocycles. The van der Waals surface area contributed by atoms with Crippen LogP contribution in [0.4, 0.5) is 0 Å². The first kappa shape index (κ1) is 17.0. The molecule has 0 aliphatic heterocycles. The summed E-state index contributed by atoms with van der Waals surface area (Å²) in [6.07, 6.45) is 4.01. The van der Waals surface area contributed by atoms with E-state index < -0.39 is 10.1 Å². The van der Waals surface area contributed by atoms with Crippen LogP contribution in [-0.4, -0.2) is 27.0 Å². The van der Waals surface area contributed by atoms with Crippen LogP contribution in [-0.2, 0) is 14.4 Å². The quantitative estimate of drug-likeness (QED) is 0.418. The summed E-state index contributed by atoms with van der Waals surface area (Å²) < 4.78 is 31.6. The Kier molecular flexibility index (Phi) is 6.69. The number of unbranched alkanes of at least 4 members (excludes halogenated alkanes) is 2. The van der Waals surface area contributed by atoms with E-state index in [0.717, 1.165) is 25.5 Å². The van der Waals surface area contributed by atoms with Crippen molar-refractivity contribution in [2.45, 2.75) is 26.2 Å². The molecule has 0 amide bonds. The summed E-state index contributed by atoms with van der Waals surface area (Å²) in [4.78, 5) is 0. The molecule has 0 saturated carbocycles. The molecule has 114 valence electrons. The van der Waals surface area contributed by atoms with Gasteiger partial charge in [-0.1, -0.05) is 37.1 Å². The minimum Gasteiger partial charge on any atom is -0.494 e. The van der Waals surface area contributed by atoms with E-state index in [1.165, 1.54) is 0 Å². The minimum absolute atomic E-state index is 0.126. The molecule has 0 aliphatic carbocycles. The Labute approximate surface area is 125 Å². The van der Waals surface area contributed by atoms with E-state index >= 15 is 0 Å². The van der Waals surface area contributed by atoms with Crippen molar-refractivity contribution in [1.29, 1.82) is 5.26 Å². The third kappa shape index (κ3) is 6.77. The molecule has 0 aliphatic rings. The molecule has 0 radical (unpaired) electrons. The van der Waals surface area contributed by atoms with Gasteiger partial charge in [-0.15, -0.1) is 0 Å². The lowest BCUT2D eigenvalue weighted by Gasteiger charge is -2.06. The molecule has 1 aromatic rings. The maximum Gasteiger partial charge on any atom is 0.325 e. The second-order valence-corrected chi connectivity index (χ2v) is 5.97. The van der Waals surface area contributed by atoms with E-state index in [1.54, 1.807) is 30.3 Å². The van der Waals surface area contributed by atoms with E-state index in [-0.39, 0.29) is 5.71 Å². The summed E-state index contributed by atoms with van der Waals surface area (Å²) in [6.45, 7) is 2.70. The van der Waals surface area contributed by atoms with Crippen molar-refractivity contribution in [3.05, 3.63) is 29.8 Å². The lowest BCUT2D eigenvalue weighted by molar-refractivity contribution is 0.306. The van der Waals surface area contributed by atoms with Crippen LogP contribution in [0.1, 0.15) is 31.7 Å². The number of oxime groups is 1. The molecule has 0 bridgehead atoms. The third-order valence-electron chi connectivity index (χ3n) is 2.49. The van der Waals surface area contributed by atoms with Gasteiger partial charge in [0.15, 0.2) is 5.71 Å². The highest BCUT2D eigenvalue weighted by molar-refractivity contribution is 7.85. The standard InChI is InChI=1S/C14H18N2O4S/c1-3-4-5-9-19-13-8-6-7-12(10-13)14(11-15)16-20-21(2,17)18/h6-8,10H,3-5,9H2,1-2H3/b16-14+. The highest BCUT2D eigenvalue weighted by atomic mass is 32.2. The van der Waals surface area contributed by atoms with Gasteiger partial charge in [-0.3, -0.25) is 4.28 Å². The van der Waals surface area contributed by atoms with Crippen molar-refractivity contribution in [3.63, 3.8) is 0 Å². The zero-order valence-corrected chi connectivity index (χ0v) is 12.9. The summed E-state index contributed by atoms with van der Waals surface area (Å²) in [5.41, 5.74) is 0.313. The predicted molar refractivity (Wildman–Crippen MR) is 79.5 cm³/mol. The molecule has 0 aromatic heterocycles. The summed E-state index contributed by atoms with van der Waals surface area (Å²) in [5.74, 6) is 0.603. The Bertz CT molecular complexity index is 633. The monoisotopic (exact) mass is 310 g/mol. The van der Waals surface area contributed by atoms with Gasteiger partial charge in [0, 0.05) is 5.56 Å². The van der Waals surface area contributed by atoms with Gasteiger partial charge >= 0.3 is 10.1 Å². The van der Waals surface area contributed by atoms with Crippen LogP contribution in [0.3, 0.4) is 0 Å². The maximum atomic E-state index is 10.9. The van der Waals surface area contributed by atoms with Crippen LogP contribution in [0.25, 0.3) is 0 Å². The van der Waals surface area contributed by atoms with Crippen molar-refractivity contribution >= 4 is 15.8 Å². The Morgan fingerprint density at radius 2 is 2.14 bits per heavy atom. The lowest BCUT2D eigenvalue weighted by atomic mass is 10.1. The first-order chi connectivity index (χ1) is 9.96. The van der Waals surface area contributed by atoms with Gasteiger partial charge in [0.1, 0.15) is 11.8 Å².